The van der Waals surface area contributed by atoms with Crippen LogP contribution in [0.2, 0.25) is 0 Å². The molecule has 0 saturated carbocycles. The van der Waals surface area contributed by atoms with Gasteiger partial charge in [0, 0.05) is 12.3 Å². The SMILES string of the molecule is [CH2]c1cc(OC)ncc1C(N)=O. The predicted octanol–water partition coefficient (Wildman–Crippen LogP) is 0.371. The average molecular weight is 165 g/mol. The molecular formula is C8H9N2O2. The molecule has 1 radical (unpaired) electrons. The highest BCUT2D eigenvalue weighted by atomic mass is 16.5. The lowest BCUT2D eigenvalue weighted by Crippen LogP contribution is -2.13. The average Bonchev–Trinajstić information content (AvgIpc) is 2.03. The first-order chi connectivity index (χ1) is 5.65. The minimum absolute atomic E-state index is 0.316. The van der Waals surface area contributed by atoms with Crippen molar-refractivity contribution in [3.05, 3.63) is 30.3 Å². The van der Waals surface area contributed by atoms with Crippen LogP contribution in [0.3, 0.4) is 0 Å². The summed E-state index contributed by atoms with van der Waals surface area (Å²) < 4.78 is 4.83. The van der Waals surface area contributed by atoms with Crippen LogP contribution in [-0.2, 0) is 0 Å². The van der Waals surface area contributed by atoms with Gasteiger partial charge in [0.1, 0.15) is 0 Å². The molecule has 0 fully saturated rings. The third-order valence-electron chi connectivity index (χ3n) is 1.44. The number of nitrogens with two attached hydrogens (primary N) is 1. The highest BCUT2D eigenvalue weighted by Gasteiger charge is 2.05. The summed E-state index contributed by atoms with van der Waals surface area (Å²) in [7, 11) is 1.49. The number of carbonyl (C=O) groups excluding carboxylic acids is 1. The summed E-state index contributed by atoms with van der Waals surface area (Å²) in [6.45, 7) is 3.63. The lowest BCUT2D eigenvalue weighted by atomic mass is 10.1. The minimum Gasteiger partial charge on any atom is -0.481 e. The maximum Gasteiger partial charge on any atom is 0.250 e. The van der Waals surface area contributed by atoms with Crippen LogP contribution in [0.1, 0.15) is 15.9 Å². The van der Waals surface area contributed by atoms with Gasteiger partial charge < -0.3 is 10.5 Å². The van der Waals surface area contributed by atoms with Gasteiger partial charge in [0.25, 0.3) is 5.91 Å². The van der Waals surface area contributed by atoms with Gasteiger partial charge in [0.05, 0.1) is 12.7 Å². The van der Waals surface area contributed by atoms with Crippen molar-refractivity contribution < 1.29 is 9.53 Å². The van der Waals surface area contributed by atoms with Crippen molar-refractivity contribution in [1.82, 2.24) is 4.98 Å². The van der Waals surface area contributed by atoms with Gasteiger partial charge in [0.15, 0.2) is 0 Å². The maximum absolute atomic E-state index is 10.7. The number of methoxy groups -OCH3 is 1. The molecule has 1 rings (SSSR count). The van der Waals surface area contributed by atoms with Crippen LogP contribution in [-0.4, -0.2) is 18.0 Å². The van der Waals surface area contributed by atoms with Gasteiger partial charge >= 0.3 is 0 Å². The summed E-state index contributed by atoms with van der Waals surface area (Å²) in [5.41, 5.74) is 5.88. The van der Waals surface area contributed by atoms with E-state index in [0.717, 1.165) is 0 Å². The van der Waals surface area contributed by atoms with E-state index in [4.69, 9.17) is 10.5 Å². The molecular weight excluding hydrogens is 156 g/mol. The zero-order chi connectivity index (χ0) is 9.14. The van der Waals surface area contributed by atoms with E-state index in [-0.39, 0.29) is 0 Å². The molecule has 0 spiro atoms. The number of aromatic nitrogens is 1. The quantitative estimate of drug-likeness (QED) is 0.688. The largest absolute Gasteiger partial charge is 0.481 e. The predicted molar refractivity (Wildman–Crippen MR) is 43.8 cm³/mol. The third-order valence-corrected chi connectivity index (χ3v) is 1.44. The Morgan fingerprint density at radius 2 is 2.42 bits per heavy atom. The molecule has 0 bridgehead atoms. The van der Waals surface area contributed by atoms with Crippen molar-refractivity contribution in [2.45, 2.75) is 0 Å². The molecule has 0 unspecified atom stereocenters. The first-order valence-corrected chi connectivity index (χ1v) is 3.31. The van der Waals surface area contributed by atoms with Gasteiger partial charge in [0.2, 0.25) is 5.88 Å². The van der Waals surface area contributed by atoms with Gasteiger partial charge in [-0.25, -0.2) is 4.98 Å². The Labute approximate surface area is 70.4 Å². The summed E-state index contributed by atoms with van der Waals surface area (Å²) >= 11 is 0. The Morgan fingerprint density at radius 3 is 2.83 bits per heavy atom. The smallest absolute Gasteiger partial charge is 0.250 e. The molecule has 1 heterocycles. The van der Waals surface area contributed by atoms with E-state index in [1.165, 1.54) is 13.3 Å². The fourth-order valence-corrected chi connectivity index (χ4v) is 0.809. The number of carbonyl (C=O) groups is 1. The highest BCUT2D eigenvalue weighted by Crippen LogP contribution is 2.12. The normalized spacial score (nSPS) is 9.50. The molecule has 0 aliphatic heterocycles. The monoisotopic (exact) mass is 165 g/mol. The lowest BCUT2D eigenvalue weighted by Gasteiger charge is -2.02. The molecule has 2 N–H and O–H groups in total. The van der Waals surface area contributed by atoms with E-state index in [1.54, 1.807) is 6.07 Å². The molecule has 0 aliphatic carbocycles. The number of primary amides is 1. The summed E-state index contributed by atoms with van der Waals surface area (Å²) in [6, 6.07) is 1.56. The zero-order valence-corrected chi connectivity index (χ0v) is 6.70. The van der Waals surface area contributed by atoms with Crippen molar-refractivity contribution in [2.75, 3.05) is 7.11 Å². The highest BCUT2D eigenvalue weighted by molar-refractivity contribution is 5.94. The third kappa shape index (κ3) is 1.53. The number of hydrogen-bond donors (Lipinski definition) is 1. The Morgan fingerprint density at radius 1 is 1.75 bits per heavy atom. The second-order valence-electron chi connectivity index (χ2n) is 2.25. The lowest BCUT2D eigenvalue weighted by molar-refractivity contribution is 0.0999. The van der Waals surface area contributed by atoms with Crippen molar-refractivity contribution in [3.63, 3.8) is 0 Å². The van der Waals surface area contributed by atoms with Gasteiger partial charge in [-0.2, -0.15) is 0 Å². The number of nitrogens with zero attached hydrogens (tertiary/aromatic N) is 1. The van der Waals surface area contributed by atoms with Crippen LogP contribution in [0.4, 0.5) is 0 Å². The number of rotatable bonds is 2. The Bertz CT molecular complexity index is 310. The van der Waals surface area contributed by atoms with Crippen molar-refractivity contribution in [3.8, 4) is 5.88 Å². The van der Waals surface area contributed by atoms with Crippen molar-refractivity contribution in [1.29, 1.82) is 0 Å². The van der Waals surface area contributed by atoms with Gasteiger partial charge in [-0.15, -0.1) is 0 Å². The molecule has 4 heteroatoms. The molecule has 1 aromatic rings. The van der Waals surface area contributed by atoms with E-state index < -0.39 is 5.91 Å². The Kier molecular flexibility index (Phi) is 2.28. The van der Waals surface area contributed by atoms with Gasteiger partial charge in [-0.1, -0.05) is 0 Å². The van der Waals surface area contributed by atoms with Gasteiger partial charge in [-0.05, 0) is 12.5 Å². The molecule has 0 aromatic carbocycles. The topological polar surface area (TPSA) is 65.2 Å². The first-order valence-electron chi connectivity index (χ1n) is 3.31. The second kappa shape index (κ2) is 3.21. The summed E-state index contributed by atoms with van der Waals surface area (Å²) in [4.78, 5) is 14.5. The summed E-state index contributed by atoms with van der Waals surface area (Å²) in [5, 5.41) is 0. The van der Waals surface area contributed by atoms with E-state index >= 15 is 0 Å². The molecule has 1 amide bonds. The van der Waals surface area contributed by atoms with Crippen LogP contribution in [0.15, 0.2) is 12.3 Å². The van der Waals surface area contributed by atoms with E-state index in [1.807, 2.05) is 0 Å². The fourth-order valence-electron chi connectivity index (χ4n) is 0.809. The van der Waals surface area contributed by atoms with Crippen LogP contribution in [0.5, 0.6) is 5.88 Å². The van der Waals surface area contributed by atoms with E-state index in [9.17, 15) is 4.79 Å². The van der Waals surface area contributed by atoms with Crippen LogP contribution < -0.4 is 10.5 Å². The number of ether oxygens (including phenoxy) is 1. The molecule has 4 nitrogen and oxygen atoms in total. The first kappa shape index (κ1) is 8.52. The molecule has 1 aromatic heterocycles. The standard InChI is InChI=1S/C8H9N2O2/c1-5-3-7(12-2)10-4-6(5)8(9)11/h3-4H,1H2,2H3,(H2,9,11). The molecule has 63 valence electrons. The minimum atomic E-state index is -0.532. The Balaban J connectivity index is 3.12. The maximum atomic E-state index is 10.7. The molecule has 0 aliphatic rings. The van der Waals surface area contributed by atoms with Crippen LogP contribution >= 0.6 is 0 Å². The number of hydrogen-bond acceptors (Lipinski definition) is 3. The van der Waals surface area contributed by atoms with E-state index in [2.05, 4.69) is 11.9 Å². The van der Waals surface area contributed by atoms with E-state index in [0.29, 0.717) is 17.0 Å². The second-order valence-corrected chi connectivity index (χ2v) is 2.25. The zero-order valence-electron chi connectivity index (χ0n) is 6.70. The number of pyridine rings is 1. The van der Waals surface area contributed by atoms with Gasteiger partial charge in [-0.3, -0.25) is 4.79 Å². The van der Waals surface area contributed by atoms with Crippen LogP contribution in [0, 0.1) is 6.92 Å². The molecule has 12 heavy (non-hydrogen) atoms. The Hall–Kier alpha value is -1.58. The number of amides is 1. The van der Waals surface area contributed by atoms with Crippen LogP contribution in [0.25, 0.3) is 0 Å². The van der Waals surface area contributed by atoms with Crippen molar-refractivity contribution in [2.24, 2.45) is 5.73 Å². The molecule has 0 atom stereocenters. The summed E-state index contributed by atoms with van der Waals surface area (Å²) in [5.74, 6) is -0.111. The molecule has 0 saturated heterocycles. The fraction of sp³-hybridized carbons (Fsp3) is 0.125. The summed E-state index contributed by atoms with van der Waals surface area (Å²) in [6.07, 6.45) is 1.35. The van der Waals surface area contributed by atoms with Crippen molar-refractivity contribution >= 4 is 5.91 Å².